The molecule has 3 nitrogen and oxygen atoms in total. The number of hydrogen-bond acceptors (Lipinski definition) is 4. The summed E-state index contributed by atoms with van der Waals surface area (Å²) in [5.74, 6) is 0. The van der Waals surface area contributed by atoms with Crippen molar-refractivity contribution in [3.8, 4) is 0 Å². The maximum atomic E-state index is 4.41. The molecule has 0 aliphatic carbocycles. The van der Waals surface area contributed by atoms with E-state index < -0.39 is 0 Å². The summed E-state index contributed by atoms with van der Waals surface area (Å²) in [6.45, 7) is 2.22. The highest BCUT2D eigenvalue weighted by atomic mass is 79.9. The Morgan fingerprint density at radius 3 is 3.13 bits per heavy atom. The van der Waals surface area contributed by atoms with Crippen LogP contribution in [-0.2, 0) is 0 Å². The minimum Gasteiger partial charge on any atom is -0.350 e. The second kappa shape index (κ2) is 5.27. The molecule has 2 rings (SSSR count). The van der Waals surface area contributed by atoms with Gasteiger partial charge in [0.05, 0.1) is 0 Å². The molecule has 0 radical (unpaired) electrons. The number of rotatable bonds is 3. The molecule has 1 unspecified atom stereocenters. The molecule has 1 atom stereocenters. The maximum absolute atomic E-state index is 4.41. The van der Waals surface area contributed by atoms with Crippen molar-refractivity contribution in [2.75, 3.05) is 25.0 Å². The normalized spacial score (nSPS) is 21.6. The van der Waals surface area contributed by atoms with Gasteiger partial charge in [-0.1, -0.05) is 6.42 Å². The third kappa shape index (κ3) is 3.16. The summed E-state index contributed by atoms with van der Waals surface area (Å²) in [6.07, 6.45) is 3.97. The molecule has 84 valence electrons. The molecule has 0 bridgehead atoms. The molecule has 0 spiro atoms. The molecule has 1 N–H and O–H groups in total. The van der Waals surface area contributed by atoms with Gasteiger partial charge in [0, 0.05) is 25.0 Å². The summed E-state index contributed by atoms with van der Waals surface area (Å²) >= 11 is 5.07. The summed E-state index contributed by atoms with van der Waals surface area (Å²) in [6, 6.07) is 0.631. The van der Waals surface area contributed by atoms with Gasteiger partial charge in [0.2, 0.25) is 0 Å². The molecule has 0 saturated carbocycles. The number of likely N-dealkylation sites (N-methyl/N-ethyl adjacent to an activating group) is 1. The van der Waals surface area contributed by atoms with Crippen LogP contribution in [0.1, 0.15) is 19.3 Å². The molecule has 1 aromatic heterocycles. The molecular formula is C10H16BrN3S. The van der Waals surface area contributed by atoms with E-state index in [2.05, 4.69) is 38.2 Å². The van der Waals surface area contributed by atoms with Crippen LogP contribution in [0.3, 0.4) is 0 Å². The van der Waals surface area contributed by atoms with Crippen molar-refractivity contribution in [1.82, 2.24) is 10.3 Å². The van der Waals surface area contributed by atoms with Crippen LogP contribution in [0.5, 0.6) is 0 Å². The van der Waals surface area contributed by atoms with Crippen LogP contribution in [0.2, 0.25) is 0 Å². The van der Waals surface area contributed by atoms with Gasteiger partial charge in [-0.2, -0.15) is 0 Å². The van der Waals surface area contributed by atoms with E-state index in [9.17, 15) is 0 Å². The van der Waals surface area contributed by atoms with E-state index in [1.165, 1.54) is 25.8 Å². The number of nitrogens with one attached hydrogen (secondary N) is 1. The van der Waals surface area contributed by atoms with Crippen LogP contribution in [0.15, 0.2) is 9.98 Å². The van der Waals surface area contributed by atoms with E-state index in [-0.39, 0.29) is 0 Å². The minimum atomic E-state index is 0.631. The molecule has 1 saturated heterocycles. The molecule has 5 heteroatoms. The number of thiazole rings is 1. The zero-order valence-electron chi connectivity index (χ0n) is 8.87. The van der Waals surface area contributed by atoms with Gasteiger partial charge in [-0.3, -0.25) is 0 Å². The smallest absolute Gasteiger partial charge is 0.186 e. The third-order valence-electron chi connectivity index (χ3n) is 2.70. The molecular weight excluding hydrogens is 274 g/mol. The standard InChI is InChI=1S/C10H16BrN3S/c1-14(10-13-9(11)7-15-10)6-8-4-2-3-5-12-8/h7-8,12H,2-6H2,1H3. The predicted octanol–water partition coefficient (Wildman–Crippen LogP) is 2.48. The summed E-state index contributed by atoms with van der Waals surface area (Å²) in [5.41, 5.74) is 0. The SMILES string of the molecule is CN(CC1CCCCN1)c1nc(Br)cs1. The van der Waals surface area contributed by atoms with E-state index in [4.69, 9.17) is 0 Å². The molecule has 0 aromatic carbocycles. The predicted molar refractivity (Wildman–Crippen MR) is 68.7 cm³/mol. The van der Waals surface area contributed by atoms with E-state index in [0.29, 0.717) is 6.04 Å². The minimum absolute atomic E-state index is 0.631. The molecule has 2 heterocycles. The van der Waals surface area contributed by atoms with Crippen molar-refractivity contribution < 1.29 is 0 Å². The fourth-order valence-electron chi connectivity index (χ4n) is 1.91. The third-order valence-corrected chi connectivity index (χ3v) is 4.36. The fourth-order valence-corrected chi connectivity index (χ4v) is 3.14. The first-order valence-corrected chi connectivity index (χ1v) is 6.98. The highest BCUT2D eigenvalue weighted by molar-refractivity contribution is 9.10. The lowest BCUT2D eigenvalue weighted by atomic mass is 10.1. The zero-order chi connectivity index (χ0) is 10.7. The lowest BCUT2D eigenvalue weighted by Gasteiger charge is -2.27. The van der Waals surface area contributed by atoms with Gasteiger partial charge < -0.3 is 10.2 Å². The van der Waals surface area contributed by atoms with Crippen molar-refractivity contribution in [3.05, 3.63) is 9.98 Å². The zero-order valence-corrected chi connectivity index (χ0v) is 11.3. The first kappa shape index (κ1) is 11.4. The highest BCUT2D eigenvalue weighted by Crippen LogP contribution is 2.23. The molecule has 1 fully saturated rings. The van der Waals surface area contributed by atoms with Gasteiger partial charge in [-0.15, -0.1) is 11.3 Å². The van der Waals surface area contributed by atoms with Crippen LogP contribution in [0.4, 0.5) is 5.13 Å². The summed E-state index contributed by atoms with van der Waals surface area (Å²) in [5, 5.41) is 6.67. The van der Waals surface area contributed by atoms with E-state index in [0.717, 1.165) is 16.3 Å². The fraction of sp³-hybridized carbons (Fsp3) is 0.700. The van der Waals surface area contributed by atoms with Gasteiger partial charge in [0.15, 0.2) is 5.13 Å². The Bertz CT molecular complexity index is 309. The second-order valence-electron chi connectivity index (χ2n) is 3.98. The number of piperidine rings is 1. The summed E-state index contributed by atoms with van der Waals surface area (Å²) < 4.78 is 0.936. The maximum Gasteiger partial charge on any atom is 0.186 e. The molecule has 1 aromatic rings. The van der Waals surface area contributed by atoms with Crippen molar-refractivity contribution in [2.24, 2.45) is 0 Å². The Balaban J connectivity index is 1.88. The van der Waals surface area contributed by atoms with Crippen molar-refractivity contribution >= 4 is 32.4 Å². The van der Waals surface area contributed by atoms with Crippen molar-refractivity contribution in [1.29, 1.82) is 0 Å². The van der Waals surface area contributed by atoms with Gasteiger partial charge in [0.25, 0.3) is 0 Å². The lowest BCUT2D eigenvalue weighted by Crippen LogP contribution is -2.42. The first-order valence-electron chi connectivity index (χ1n) is 5.31. The van der Waals surface area contributed by atoms with E-state index in [1.807, 2.05) is 5.38 Å². The van der Waals surface area contributed by atoms with Crippen LogP contribution in [-0.4, -0.2) is 31.2 Å². The lowest BCUT2D eigenvalue weighted by molar-refractivity contribution is 0.403. The molecule has 1 aliphatic rings. The quantitative estimate of drug-likeness (QED) is 0.927. The van der Waals surface area contributed by atoms with E-state index >= 15 is 0 Å². The van der Waals surface area contributed by atoms with Crippen LogP contribution >= 0.6 is 27.3 Å². The number of aromatic nitrogens is 1. The summed E-state index contributed by atoms with van der Waals surface area (Å²) in [7, 11) is 2.11. The van der Waals surface area contributed by atoms with Gasteiger partial charge in [-0.05, 0) is 35.3 Å². The Morgan fingerprint density at radius 1 is 1.67 bits per heavy atom. The molecule has 15 heavy (non-hydrogen) atoms. The molecule has 1 aliphatic heterocycles. The Morgan fingerprint density at radius 2 is 2.53 bits per heavy atom. The average Bonchev–Trinajstić information content (AvgIpc) is 2.66. The van der Waals surface area contributed by atoms with Crippen LogP contribution in [0.25, 0.3) is 0 Å². The van der Waals surface area contributed by atoms with Gasteiger partial charge >= 0.3 is 0 Å². The highest BCUT2D eigenvalue weighted by Gasteiger charge is 2.16. The summed E-state index contributed by atoms with van der Waals surface area (Å²) in [4.78, 5) is 6.64. The monoisotopic (exact) mass is 289 g/mol. The van der Waals surface area contributed by atoms with Crippen LogP contribution < -0.4 is 10.2 Å². The molecule has 0 amide bonds. The van der Waals surface area contributed by atoms with Gasteiger partial charge in [0.1, 0.15) is 4.60 Å². The Kier molecular flexibility index (Phi) is 3.99. The van der Waals surface area contributed by atoms with Gasteiger partial charge in [-0.25, -0.2) is 4.98 Å². The Labute approximate surface area is 103 Å². The first-order chi connectivity index (χ1) is 7.25. The van der Waals surface area contributed by atoms with E-state index in [1.54, 1.807) is 11.3 Å². The largest absolute Gasteiger partial charge is 0.350 e. The number of hydrogen-bond donors (Lipinski definition) is 1. The van der Waals surface area contributed by atoms with Crippen molar-refractivity contribution in [3.63, 3.8) is 0 Å². The van der Waals surface area contributed by atoms with Crippen molar-refractivity contribution in [2.45, 2.75) is 25.3 Å². The van der Waals surface area contributed by atoms with Crippen LogP contribution in [0, 0.1) is 0 Å². The number of nitrogens with zero attached hydrogens (tertiary/aromatic N) is 2. The number of anilines is 1. The number of halogens is 1. The Hall–Kier alpha value is -0.130. The topological polar surface area (TPSA) is 28.2 Å². The second-order valence-corrected chi connectivity index (χ2v) is 5.63. The average molecular weight is 290 g/mol.